The van der Waals surface area contributed by atoms with Crippen LogP contribution in [0, 0.1) is 0 Å². The van der Waals surface area contributed by atoms with Gasteiger partial charge in [0.25, 0.3) is 5.78 Å². The molecule has 0 amide bonds. The fraction of sp³-hybridized carbons (Fsp3) is 0.222. The van der Waals surface area contributed by atoms with Crippen molar-refractivity contribution < 1.29 is 0 Å². The molecule has 1 N–H and O–H groups in total. The predicted molar refractivity (Wildman–Crippen MR) is 104 cm³/mol. The first kappa shape index (κ1) is 16.7. The molecule has 0 aliphatic heterocycles. The van der Waals surface area contributed by atoms with Gasteiger partial charge in [-0.25, -0.2) is 4.98 Å². The van der Waals surface area contributed by atoms with Gasteiger partial charge in [0, 0.05) is 30.2 Å². The number of fused-ring (bicyclic) bond motifs is 1. The number of hydrogen-bond acceptors (Lipinski definition) is 5. The van der Waals surface area contributed by atoms with Crippen LogP contribution < -0.4 is 5.32 Å². The molecule has 0 aliphatic carbocycles. The van der Waals surface area contributed by atoms with Crippen molar-refractivity contribution in [2.45, 2.75) is 26.3 Å². The van der Waals surface area contributed by atoms with Crippen LogP contribution in [-0.2, 0) is 19.4 Å². The molecule has 0 radical (unpaired) electrons. The Morgan fingerprint density at radius 2 is 2.00 bits per heavy atom. The Morgan fingerprint density at radius 1 is 1.15 bits per heavy atom. The number of anilines is 2. The molecule has 0 fully saturated rings. The van der Waals surface area contributed by atoms with E-state index < -0.39 is 0 Å². The molecule has 0 saturated heterocycles. The van der Waals surface area contributed by atoms with Crippen LogP contribution in [0.3, 0.4) is 0 Å². The van der Waals surface area contributed by atoms with Gasteiger partial charge < -0.3 is 5.32 Å². The number of nitrogens with one attached hydrogen (secondary N) is 1. The van der Waals surface area contributed by atoms with Crippen molar-refractivity contribution in [3.63, 3.8) is 0 Å². The van der Waals surface area contributed by atoms with Crippen LogP contribution in [0.25, 0.3) is 5.78 Å². The summed E-state index contributed by atoms with van der Waals surface area (Å²) in [6.07, 6.45) is 7.08. The second kappa shape index (κ2) is 7.25. The lowest BCUT2D eigenvalue weighted by Crippen LogP contribution is -2.04. The van der Waals surface area contributed by atoms with Gasteiger partial charge in [-0.1, -0.05) is 19.1 Å². The van der Waals surface area contributed by atoms with Gasteiger partial charge >= 0.3 is 0 Å². The van der Waals surface area contributed by atoms with Crippen LogP contribution in [-0.4, -0.2) is 29.4 Å². The number of aryl methyl sites for hydroxylation is 3. The maximum Gasteiger partial charge on any atom is 0.254 e. The Kier molecular flexibility index (Phi) is 4.66. The molecular formula is C18H18BrN7. The highest BCUT2D eigenvalue weighted by molar-refractivity contribution is 9.10. The summed E-state index contributed by atoms with van der Waals surface area (Å²) in [6.45, 7) is 2.92. The van der Waals surface area contributed by atoms with Crippen LogP contribution in [0.15, 0.2) is 53.5 Å². The van der Waals surface area contributed by atoms with Crippen molar-refractivity contribution in [3.8, 4) is 0 Å². The summed E-state index contributed by atoms with van der Waals surface area (Å²) in [5, 5.41) is 11.9. The van der Waals surface area contributed by atoms with E-state index in [1.54, 1.807) is 10.7 Å². The average molecular weight is 412 g/mol. The lowest BCUT2D eigenvalue weighted by Gasteiger charge is -2.10. The fourth-order valence-electron chi connectivity index (χ4n) is 2.74. The quantitative estimate of drug-likeness (QED) is 0.524. The van der Waals surface area contributed by atoms with Gasteiger partial charge in [0.05, 0.1) is 10.7 Å². The second-order valence-corrected chi connectivity index (χ2v) is 6.87. The molecular weight excluding hydrogens is 394 g/mol. The van der Waals surface area contributed by atoms with E-state index in [4.69, 9.17) is 0 Å². The van der Waals surface area contributed by atoms with E-state index in [0.29, 0.717) is 5.78 Å². The second-order valence-electron chi connectivity index (χ2n) is 5.95. The Hall–Kier alpha value is -2.74. The van der Waals surface area contributed by atoms with Crippen molar-refractivity contribution in [3.05, 3.63) is 64.8 Å². The number of rotatable bonds is 6. The average Bonchev–Trinajstić information content (AvgIpc) is 3.29. The van der Waals surface area contributed by atoms with Crippen molar-refractivity contribution in [1.29, 1.82) is 0 Å². The molecule has 3 heterocycles. The summed E-state index contributed by atoms with van der Waals surface area (Å²) in [6, 6.07) is 10.4. The fourth-order valence-corrected chi connectivity index (χ4v) is 3.07. The Labute approximate surface area is 159 Å². The Morgan fingerprint density at radius 3 is 2.73 bits per heavy atom. The van der Waals surface area contributed by atoms with Crippen LogP contribution in [0.5, 0.6) is 0 Å². The molecule has 0 unspecified atom stereocenters. The van der Waals surface area contributed by atoms with Crippen LogP contribution in [0.2, 0.25) is 0 Å². The smallest absolute Gasteiger partial charge is 0.254 e. The lowest BCUT2D eigenvalue weighted by molar-refractivity contribution is 0.614. The van der Waals surface area contributed by atoms with Gasteiger partial charge in [0.2, 0.25) is 0 Å². The molecule has 0 aliphatic rings. The largest absolute Gasteiger partial charge is 0.340 e. The molecule has 0 spiro atoms. The zero-order chi connectivity index (χ0) is 17.9. The minimum atomic E-state index is 0.605. The third kappa shape index (κ3) is 3.60. The predicted octanol–water partition coefficient (Wildman–Crippen LogP) is 3.63. The van der Waals surface area contributed by atoms with E-state index in [1.165, 1.54) is 11.9 Å². The summed E-state index contributed by atoms with van der Waals surface area (Å²) >= 11 is 3.42. The minimum Gasteiger partial charge on any atom is -0.340 e. The van der Waals surface area contributed by atoms with Gasteiger partial charge in [-0.05, 0) is 46.5 Å². The molecule has 4 aromatic rings. The first-order valence-corrected chi connectivity index (χ1v) is 9.24. The first-order valence-electron chi connectivity index (χ1n) is 8.45. The molecule has 3 aromatic heterocycles. The lowest BCUT2D eigenvalue weighted by atomic mass is 10.1. The molecule has 26 heavy (non-hydrogen) atoms. The third-order valence-electron chi connectivity index (χ3n) is 4.12. The SMILES string of the molecule is CCc1cc(Nc2ccc(CCn3cc(Br)cn3)cc2)n2ncnc2n1. The van der Waals surface area contributed by atoms with Gasteiger partial charge in [0.1, 0.15) is 12.1 Å². The highest BCUT2D eigenvalue weighted by Gasteiger charge is 2.07. The van der Waals surface area contributed by atoms with Crippen LogP contribution in [0.1, 0.15) is 18.2 Å². The Bertz CT molecular complexity index is 1020. The molecule has 1 aromatic carbocycles. The molecule has 0 atom stereocenters. The van der Waals surface area contributed by atoms with Crippen molar-refractivity contribution >= 4 is 33.2 Å². The topological polar surface area (TPSA) is 72.9 Å². The van der Waals surface area contributed by atoms with Gasteiger partial charge in [0.15, 0.2) is 0 Å². The van der Waals surface area contributed by atoms with E-state index in [0.717, 1.165) is 41.1 Å². The monoisotopic (exact) mass is 411 g/mol. The number of halogens is 1. The molecule has 8 heteroatoms. The number of aromatic nitrogens is 6. The molecule has 7 nitrogen and oxygen atoms in total. The summed E-state index contributed by atoms with van der Waals surface area (Å²) < 4.78 is 4.64. The van der Waals surface area contributed by atoms with E-state index in [9.17, 15) is 0 Å². The number of benzene rings is 1. The summed E-state index contributed by atoms with van der Waals surface area (Å²) in [7, 11) is 0. The number of nitrogens with zero attached hydrogens (tertiary/aromatic N) is 6. The highest BCUT2D eigenvalue weighted by atomic mass is 79.9. The van der Waals surface area contributed by atoms with Crippen molar-refractivity contribution in [1.82, 2.24) is 29.4 Å². The van der Waals surface area contributed by atoms with Crippen molar-refractivity contribution in [2.75, 3.05) is 5.32 Å². The molecule has 4 rings (SSSR count). The van der Waals surface area contributed by atoms with Crippen LogP contribution in [0.4, 0.5) is 11.5 Å². The van der Waals surface area contributed by atoms with Crippen molar-refractivity contribution in [2.24, 2.45) is 0 Å². The van der Waals surface area contributed by atoms with E-state index in [2.05, 4.69) is 72.6 Å². The van der Waals surface area contributed by atoms with Gasteiger partial charge in [-0.2, -0.15) is 19.7 Å². The third-order valence-corrected chi connectivity index (χ3v) is 4.53. The normalized spacial score (nSPS) is 11.2. The maximum absolute atomic E-state index is 4.46. The highest BCUT2D eigenvalue weighted by Crippen LogP contribution is 2.19. The number of hydrogen-bond donors (Lipinski definition) is 1. The van der Waals surface area contributed by atoms with Gasteiger partial charge in [-0.15, -0.1) is 0 Å². The van der Waals surface area contributed by atoms with E-state index in [1.807, 2.05) is 16.9 Å². The molecule has 0 bridgehead atoms. The van der Waals surface area contributed by atoms with Crippen LogP contribution >= 0.6 is 15.9 Å². The molecule has 132 valence electrons. The molecule has 0 saturated carbocycles. The van der Waals surface area contributed by atoms with E-state index in [-0.39, 0.29) is 0 Å². The maximum atomic E-state index is 4.46. The van der Waals surface area contributed by atoms with Gasteiger partial charge in [-0.3, -0.25) is 4.68 Å². The first-order chi connectivity index (χ1) is 12.7. The summed E-state index contributed by atoms with van der Waals surface area (Å²) in [5.74, 6) is 1.47. The summed E-state index contributed by atoms with van der Waals surface area (Å²) in [4.78, 5) is 8.65. The zero-order valence-electron chi connectivity index (χ0n) is 14.3. The Balaban J connectivity index is 1.48. The zero-order valence-corrected chi connectivity index (χ0v) is 15.9. The summed E-state index contributed by atoms with van der Waals surface area (Å²) in [5.41, 5.74) is 3.24. The minimum absolute atomic E-state index is 0.605. The van der Waals surface area contributed by atoms with E-state index >= 15 is 0 Å². The standard InChI is InChI=1S/C18H18BrN7/c1-2-15-9-17(26-18(24-15)20-12-22-26)23-16-5-3-13(4-6-16)7-8-25-11-14(19)10-21-25/h3-6,9-12,23H,2,7-8H2,1H3.